The third-order valence-electron chi connectivity index (χ3n) is 3.14. The van der Waals surface area contributed by atoms with Gasteiger partial charge in [-0.15, -0.1) is 0 Å². The number of hydrogen-bond donors (Lipinski definition) is 1. The van der Waals surface area contributed by atoms with Crippen molar-refractivity contribution in [2.45, 2.75) is 41.9 Å². The molecule has 0 radical (unpaired) electrons. The van der Waals surface area contributed by atoms with Crippen LogP contribution in [0.5, 0.6) is 0 Å². The van der Waals surface area contributed by atoms with Gasteiger partial charge in [-0.1, -0.05) is 42.8 Å². The Morgan fingerprint density at radius 3 is 2.44 bits per heavy atom. The maximum absolute atomic E-state index is 12.4. The van der Waals surface area contributed by atoms with Gasteiger partial charge in [-0.2, -0.15) is 8.78 Å². The maximum Gasteiger partial charge on any atom is 0.288 e. The van der Waals surface area contributed by atoms with Crippen LogP contribution in [0.3, 0.4) is 0 Å². The van der Waals surface area contributed by atoms with Crippen molar-refractivity contribution in [2.24, 2.45) is 5.73 Å². The molecule has 1 nitrogen and oxygen atoms in total. The van der Waals surface area contributed by atoms with Crippen molar-refractivity contribution in [3.05, 3.63) is 29.8 Å². The lowest BCUT2D eigenvalue weighted by atomic mass is 9.89. The van der Waals surface area contributed by atoms with Crippen LogP contribution in [0.15, 0.2) is 29.2 Å². The Kier molecular flexibility index (Phi) is 3.50. The van der Waals surface area contributed by atoms with Crippen molar-refractivity contribution in [2.75, 3.05) is 0 Å². The molecule has 4 heteroatoms. The number of benzene rings is 1. The van der Waals surface area contributed by atoms with Gasteiger partial charge in [-0.05, 0) is 24.5 Å². The number of hydrogen-bond acceptors (Lipinski definition) is 2. The minimum atomic E-state index is -2.38. The lowest BCUT2D eigenvalue weighted by Crippen LogP contribution is -2.33. The lowest BCUT2D eigenvalue weighted by Gasteiger charge is -2.26. The summed E-state index contributed by atoms with van der Waals surface area (Å²) in [4.78, 5) is 0.627. The average Bonchev–Trinajstić information content (AvgIpc) is 2.66. The third kappa shape index (κ3) is 2.38. The van der Waals surface area contributed by atoms with Gasteiger partial charge in [0.25, 0.3) is 5.76 Å². The van der Waals surface area contributed by atoms with Crippen LogP contribution < -0.4 is 5.73 Å². The molecule has 0 aromatic heterocycles. The highest BCUT2D eigenvalue weighted by atomic mass is 32.2. The van der Waals surface area contributed by atoms with Gasteiger partial charge in [0, 0.05) is 10.4 Å². The van der Waals surface area contributed by atoms with E-state index < -0.39 is 11.3 Å². The molecule has 1 aliphatic carbocycles. The van der Waals surface area contributed by atoms with Crippen LogP contribution in [-0.2, 0) is 5.54 Å². The van der Waals surface area contributed by atoms with Crippen LogP contribution in [0, 0.1) is 0 Å². The minimum absolute atomic E-state index is 0.390. The standard InChI is InChI=1S/C12H15F2NS/c13-11(14)16-10-6-2-1-5-9(10)12(15)7-3-4-8-12/h1-2,5-6,11H,3-4,7-8,15H2. The monoisotopic (exact) mass is 243 g/mol. The van der Waals surface area contributed by atoms with Gasteiger partial charge < -0.3 is 5.73 Å². The summed E-state index contributed by atoms with van der Waals surface area (Å²) in [5.41, 5.74) is 6.80. The Morgan fingerprint density at radius 2 is 1.81 bits per heavy atom. The molecule has 0 saturated heterocycles. The molecule has 0 unspecified atom stereocenters. The van der Waals surface area contributed by atoms with E-state index in [1.165, 1.54) is 0 Å². The second-order valence-electron chi connectivity index (χ2n) is 4.24. The number of nitrogens with two attached hydrogens (primary N) is 1. The van der Waals surface area contributed by atoms with Gasteiger partial charge in [0.05, 0.1) is 0 Å². The molecular weight excluding hydrogens is 228 g/mol. The van der Waals surface area contributed by atoms with E-state index in [1.54, 1.807) is 12.1 Å². The molecule has 0 heterocycles. The Bertz CT molecular complexity index is 362. The molecule has 0 atom stereocenters. The number of thioether (sulfide) groups is 1. The maximum atomic E-state index is 12.4. The molecule has 1 fully saturated rings. The van der Waals surface area contributed by atoms with Crippen LogP contribution in [0.4, 0.5) is 8.78 Å². The third-order valence-corrected chi connectivity index (χ3v) is 3.92. The van der Waals surface area contributed by atoms with Crippen molar-refractivity contribution >= 4 is 11.8 Å². The molecule has 88 valence electrons. The molecule has 0 spiro atoms. The first-order valence-corrected chi connectivity index (χ1v) is 6.33. The zero-order valence-corrected chi connectivity index (χ0v) is 9.77. The molecule has 1 aromatic rings. The minimum Gasteiger partial charge on any atom is -0.321 e. The fraction of sp³-hybridized carbons (Fsp3) is 0.500. The second-order valence-corrected chi connectivity index (χ2v) is 5.27. The normalized spacial score (nSPS) is 19.2. The van der Waals surface area contributed by atoms with E-state index in [2.05, 4.69) is 0 Å². The van der Waals surface area contributed by atoms with Crippen molar-refractivity contribution in [3.63, 3.8) is 0 Å². The quantitative estimate of drug-likeness (QED) is 0.819. The summed E-state index contributed by atoms with van der Waals surface area (Å²) in [5, 5.41) is 0. The summed E-state index contributed by atoms with van der Waals surface area (Å²) < 4.78 is 24.9. The van der Waals surface area contributed by atoms with Gasteiger partial charge in [-0.25, -0.2) is 0 Å². The van der Waals surface area contributed by atoms with E-state index in [0.29, 0.717) is 16.7 Å². The lowest BCUT2D eigenvalue weighted by molar-refractivity contribution is 0.252. The fourth-order valence-corrected chi connectivity index (χ4v) is 3.10. The number of alkyl halides is 2. The highest BCUT2D eigenvalue weighted by Crippen LogP contribution is 2.41. The van der Waals surface area contributed by atoms with Gasteiger partial charge in [0.15, 0.2) is 0 Å². The first kappa shape index (κ1) is 11.9. The van der Waals surface area contributed by atoms with E-state index in [0.717, 1.165) is 31.2 Å². The van der Waals surface area contributed by atoms with Gasteiger partial charge in [0.2, 0.25) is 0 Å². The SMILES string of the molecule is NC1(c2ccccc2SC(F)F)CCCC1. The van der Waals surface area contributed by atoms with E-state index in [9.17, 15) is 8.78 Å². The highest BCUT2D eigenvalue weighted by molar-refractivity contribution is 7.99. The molecule has 1 aromatic carbocycles. The summed E-state index contributed by atoms with van der Waals surface area (Å²) in [6.45, 7) is 0. The van der Waals surface area contributed by atoms with Gasteiger partial charge >= 0.3 is 0 Å². The Morgan fingerprint density at radius 1 is 1.19 bits per heavy atom. The summed E-state index contributed by atoms with van der Waals surface area (Å²) in [5.74, 6) is -2.38. The van der Waals surface area contributed by atoms with E-state index in [4.69, 9.17) is 5.73 Å². The Balaban J connectivity index is 2.32. The van der Waals surface area contributed by atoms with Crippen molar-refractivity contribution in [3.8, 4) is 0 Å². The number of rotatable bonds is 3. The van der Waals surface area contributed by atoms with Crippen molar-refractivity contribution in [1.82, 2.24) is 0 Å². The molecule has 1 saturated carbocycles. The zero-order valence-electron chi connectivity index (χ0n) is 8.96. The molecule has 1 aliphatic rings. The fourth-order valence-electron chi connectivity index (χ4n) is 2.35. The molecule has 16 heavy (non-hydrogen) atoms. The smallest absolute Gasteiger partial charge is 0.288 e. The van der Waals surface area contributed by atoms with Crippen LogP contribution in [0.25, 0.3) is 0 Å². The number of halogens is 2. The first-order chi connectivity index (χ1) is 7.62. The van der Waals surface area contributed by atoms with Crippen molar-refractivity contribution < 1.29 is 8.78 Å². The van der Waals surface area contributed by atoms with Gasteiger partial charge in [-0.3, -0.25) is 0 Å². The van der Waals surface area contributed by atoms with Crippen LogP contribution in [0.2, 0.25) is 0 Å². The zero-order chi connectivity index (χ0) is 11.6. The van der Waals surface area contributed by atoms with E-state index >= 15 is 0 Å². The van der Waals surface area contributed by atoms with Crippen LogP contribution in [0.1, 0.15) is 31.2 Å². The Hall–Kier alpha value is -0.610. The summed E-state index contributed by atoms with van der Waals surface area (Å²) in [7, 11) is 0. The molecule has 0 aliphatic heterocycles. The average molecular weight is 243 g/mol. The molecule has 0 bridgehead atoms. The summed E-state index contributed by atoms with van der Waals surface area (Å²) >= 11 is 0.597. The Labute approximate surface area is 98.4 Å². The molecule has 0 amide bonds. The van der Waals surface area contributed by atoms with Gasteiger partial charge in [0.1, 0.15) is 0 Å². The topological polar surface area (TPSA) is 26.0 Å². The predicted octanol–water partition coefficient (Wildman–Crippen LogP) is 3.73. The first-order valence-electron chi connectivity index (χ1n) is 5.45. The van der Waals surface area contributed by atoms with Crippen molar-refractivity contribution in [1.29, 1.82) is 0 Å². The molecule has 2 rings (SSSR count). The second kappa shape index (κ2) is 4.72. The molecular formula is C12H15F2NS. The van der Waals surface area contributed by atoms with Crippen LogP contribution >= 0.6 is 11.8 Å². The van der Waals surface area contributed by atoms with E-state index in [1.807, 2.05) is 12.1 Å². The van der Waals surface area contributed by atoms with Crippen LogP contribution in [-0.4, -0.2) is 5.76 Å². The highest BCUT2D eigenvalue weighted by Gasteiger charge is 2.33. The summed E-state index contributed by atoms with van der Waals surface area (Å²) in [6, 6.07) is 7.28. The predicted molar refractivity (Wildman–Crippen MR) is 62.6 cm³/mol. The molecule has 2 N–H and O–H groups in total. The summed E-state index contributed by atoms with van der Waals surface area (Å²) in [6.07, 6.45) is 3.97. The van der Waals surface area contributed by atoms with E-state index in [-0.39, 0.29) is 0 Å². The largest absolute Gasteiger partial charge is 0.321 e.